The zero-order chi connectivity index (χ0) is 26.2. The minimum atomic E-state index is 0.975. The van der Waals surface area contributed by atoms with E-state index in [1.54, 1.807) is 0 Å². The van der Waals surface area contributed by atoms with E-state index in [1.165, 1.54) is 22.3 Å². The Kier molecular flexibility index (Phi) is 7.91. The summed E-state index contributed by atoms with van der Waals surface area (Å²) >= 11 is 0. The van der Waals surface area contributed by atoms with Gasteiger partial charge in [-0.15, -0.1) is 0 Å². The summed E-state index contributed by atoms with van der Waals surface area (Å²) in [4.78, 5) is 6.91. The maximum Gasteiger partial charge on any atom is 0.0640 e. The van der Waals surface area contributed by atoms with Gasteiger partial charge in [0.15, 0.2) is 0 Å². The van der Waals surface area contributed by atoms with Gasteiger partial charge in [0.1, 0.15) is 0 Å². The molecule has 2 heteroatoms. The Morgan fingerprint density at radius 2 is 1.26 bits per heavy atom. The molecule has 0 fully saturated rings. The predicted octanol–water partition coefficient (Wildman–Crippen LogP) is 9.88. The van der Waals surface area contributed by atoms with Gasteiger partial charge in [-0.25, -0.2) is 0 Å². The molecule has 0 aliphatic heterocycles. The van der Waals surface area contributed by atoms with Crippen LogP contribution in [0.5, 0.6) is 0 Å². The molecule has 2 nitrogen and oxygen atoms in total. The zero-order valence-electron chi connectivity index (χ0n) is 22.0. The highest BCUT2D eigenvalue weighted by Crippen LogP contribution is 2.41. The van der Waals surface area contributed by atoms with Crippen molar-refractivity contribution >= 4 is 22.8 Å². The fourth-order valence-electron chi connectivity index (χ4n) is 4.72. The molecule has 0 spiro atoms. The quantitative estimate of drug-likeness (QED) is 0.197. The molecule has 186 valence electrons. The van der Waals surface area contributed by atoms with Gasteiger partial charge in [0.05, 0.1) is 11.4 Å². The smallest absolute Gasteiger partial charge is 0.0640 e. The SMILES string of the molecule is CCC=CC(=NC)c1cccc(N(c2ccc(-c3ccccc3)cc2)c2ccccc2-c2ccccc2)c1. The van der Waals surface area contributed by atoms with E-state index in [4.69, 9.17) is 0 Å². The Bertz CT molecular complexity index is 1530. The van der Waals surface area contributed by atoms with Crippen LogP contribution in [0, 0.1) is 0 Å². The summed E-state index contributed by atoms with van der Waals surface area (Å²) < 4.78 is 0. The number of rotatable bonds is 8. The van der Waals surface area contributed by atoms with Crippen molar-refractivity contribution in [3.8, 4) is 22.3 Å². The molecule has 5 aromatic rings. The van der Waals surface area contributed by atoms with E-state index in [0.717, 1.165) is 34.8 Å². The minimum absolute atomic E-state index is 0.975. The molecule has 5 aromatic carbocycles. The summed E-state index contributed by atoms with van der Waals surface area (Å²) in [5.74, 6) is 0. The van der Waals surface area contributed by atoms with Gasteiger partial charge in [0.25, 0.3) is 0 Å². The van der Waals surface area contributed by atoms with Gasteiger partial charge in [-0.3, -0.25) is 4.99 Å². The first-order chi connectivity index (χ1) is 18.8. The molecule has 0 aliphatic carbocycles. The van der Waals surface area contributed by atoms with E-state index >= 15 is 0 Å². The third kappa shape index (κ3) is 5.50. The number of benzene rings is 5. The molecule has 0 saturated heterocycles. The fourth-order valence-corrected chi connectivity index (χ4v) is 4.72. The van der Waals surface area contributed by atoms with Crippen molar-refractivity contribution in [2.45, 2.75) is 13.3 Å². The largest absolute Gasteiger partial charge is 0.310 e. The first-order valence-corrected chi connectivity index (χ1v) is 13.1. The molecule has 0 atom stereocenters. The molecule has 0 unspecified atom stereocenters. The van der Waals surface area contributed by atoms with Crippen molar-refractivity contribution < 1.29 is 0 Å². The summed E-state index contributed by atoms with van der Waals surface area (Å²) in [7, 11) is 1.85. The average Bonchev–Trinajstić information content (AvgIpc) is 2.99. The van der Waals surface area contributed by atoms with Crippen molar-refractivity contribution in [2.24, 2.45) is 4.99 Å². The number of hydrogen-bond acceptors (Lipinski definition) is 2. The van der Waals surface area contributed by atoms with Crippen LogP contribution in [0.4, 0.5) is 17.1 Å². The Balaban J connectivity index is 1.66. The summed E-state index contributed by atoms with van der Waals surface area (Å²) in [6.07, 6.45) is 5.23. The first-order valence-electron chi connectivity index (χ1n) is 13.1. The second kappa shape index (κ2) is 12.0. The predicted molar refractivity (Wildman–Crippen MR) is 164 cm³/mol. The van der Waals surface area contributed by atoms with Gasteiger partial charge < -0.3 is 4.90 Å². The van der Waals surface area contributed by atoms with Crippen LogP contribution in [0.15, 0.2) is 151 Å². The van der Waals surface area contributed by atoms with E-state index in [0.29, 0.717) is 0 Å². The maximum atomic E-state index is 4.56. The van der Waals surface area contributed by atoms with Crippen molar-refractivity contribution in [3.63, 3.8) is 0 Å². The number of aliphatic imine (C=N–C) groups is 1. The highest BCUT2D eigenvalue weighted by atomic mass is 15.1. The van der Waals surface area contributed by atoms with Gasteiger partial charge in [0.2, 0.25) is 0 Å². The Morgan fingerprint density at radius 1 is 0.632 bits per heavy atom. The molecule has 0 amide bonds. The van der Waals surface area contributed by atoms with E-state index in [-0.39, 0.29) is 0 Å². The van der Waals surface area contributed by atoms with Gasteiger partial charge in [-0.05, 0) is 59.5 Å². The molecular weight excluding hydrogens is 460 g/mol. The van der Waals surface area contributed by atoms with E-state index < -0.39 is 0 Å². The minimum Gasteiger partial charge on any atom is -0.310 e. The lowest BCUT2D eigenvalue weighted by molar-refractivity contribution is 1.22. The van der Waals surface area contributed by atoms with Gasteiger partial charge >= 0.3 is 0 Å². The van der Waals surface area contributed by atoms with Gasteiger partial charge in [-0.2, -0.15) is 0 Å². The molecular formula is C36H32N2. The molecule has 0 aromatic heterocycles. The summed E-state index contributed by atoms with van der Waals surface area (Å²) in [6.45, 7) is 2.14. The molecule has 38 heavy (non-hydrogen) atoms. The monoisotopic (exact) mass is 492 g/mol. The molecule has 0 saturated carbocycles. The van der Waals surface area contributed by atoms with E-state index in [2.05, 4.69) is 162 Å². The van der Waals surface area contributed by atoms with Crippen molar-refractivity contribution in [3.05, 3.63) is 151 Å². The van der Waals surface area contributed by atoms with Crippen molar-refractivity contribution in [1.29, 1.82) is 0 Å². The summed E-state index contributed by atoms with van der Waals surface area (Å²) in [5.41, 5.74) is 10.2. The van der Waals surface area contributed by atoms with Crippen LogP contribution in [0.2, 0.25) is 0 Å². The Morgan fingerprint density at radius 3 is 1.95 bits per heavy atom. The van der Waals surface area contributed by atoms with Crippen LogP contribution in [-0.4, -0.2) is 12.8 Å². The average molecular weight is 493 g/mol. The topological polar surface area (TPSA) is 15.6 Å². The molecule has 0 radical (unpaired) electrons. The molecule has 0 N–H and O–H groups in total. The molecule has 0 heterocycles. The maximum absolute atomic E-state index is 4.56. The first kappa shape index (κ1) is 25.0. The second-order valence-electron chi connectivity index (χ2n) is 9.10. The Labute approximate surface area is 226 Å². The molecule has 0 aliphatic rings. The molecule has 5 rings (SSSR count). The van der Waals surface area contributed by atoms with Crippen molar-refractivity contribution in [1.82, 2.24) is 0 Å². The third-order valence-electron chi connectivity index (χ3n) is 6.61. The van der Waals surface area contributed by atoms with E-state index in [9.17, 15) is 0 Å². The summed E-state index contributed by atoms with van der Waals surface area (Å²) in [5, 5.41) is 0. The highest BCUT2D eigenvalue weighted by Gasteiger charge is 2.18. The van der Waals surface area contributed by atoms with Crippen LogP contribution in [-0.2, 0) is 0 Å². The number of anilines is 3. The lowest BCUT2D eigenvalue weighted by Crippen LogP contribution is -2.12. The number of nitrogens with zero attached hydrogens (tertiary/aromatic N) is 2. The summed E-state index contributed by atoms with van der Waals surface area (Å²) in [6, 6.07) is 47.2. The standard InChI is InChI=1S/C36H32N2/c1-3-4-21-35(37-2)31-18-13-19-33(27-31)38(32-25-23-29(24-26-32)28-14-7-5-8-15-28)36-22-12-11-20-34(36)30-16-9-6-10-17-30/h4-27H,3H2,1-2H3. The van der Waals surface area contributed by atoms with E-state index in [1.807, 2.05) is 7.05 Å². The number of allylic oxidation sites excluding steroid dienone is 2. The van der Waals surface area contributed by atoms with Crippen LogP contribution in [0.1, 0.15) is 18.9 Å². The van der Waals surface area contributed by atoms with Crippen LogP contribution < -0.4 is 4.90 Å². The fraction of sp³-hybridized carbons (Fsp3) is 0.0833. The van der Waals surface area contributed by atoms with Gasteiger partial charge in [0, 0.05) is 29.5 Å². The van der Waals surface area contributed by atoms with Crippen LogP contribution in [0.3, 0.4) is 0 Å². The Hall–Kier alpha value is -4.69. The van der Waals surface area contributed by atoms with Crippen molar-refractivity contribution in [2.75, 3.05) is 11.9 Å². The normalized spacial score (nSPS) is 11.6. The van der Waals surface area contributed by atoms with Crippen LogP contribution >= 0.6 is 0 Å². The lowest BCUT2D eigenvalue weighted by atomic mass is 10.0. The zero-order valence-corrected chi connectivity index (χ0v) is 22.0. The number of para-hydroxylation sites is 1. The second-order valence-corrected chi connectivity index (χ2v) is 9.10. The lowest BCUT2D eigenvalue weighted by Gasteiger charge is -2.28. The molecule has 0 bridgehead atoms. The third-order valence-corrected chi connectivity index (χ3v) is 6.61. The number of hydrogen-bond donors (Lipinski definition) is 0. The van der Waals surface area contributed by atoms with Gasteiger partial charge in [-0.1, -0.05) is 116 Å². The van der Waals surface area contributed by atoms with Crippen LogP contribution in [0.25, 0.3) is 22.3 Å². The highest BCUT2D eigenvalue weighted by molar-refractivity contribution is 6.09.